The van der Waals surface area contributed by atoms with Crippen LogP contribution in [0.15, 0.2) is 78.2 Å². The van der Waals surface area contributed by atoms with E-state index < -0.39 is 6.17 Å². The lowest BCUT2D eigenvalue weighted by Gasteiger charge is -2.09. The summed E-state index contributed by atoms with van der Waals surface area (Å²) in [5, 5.41) is 9.82. The van der Waals surface area contributed by atoms with Gasteiger partial charge >= 0.3 is 0 Å². The lowest BCUT2D eigenvalue weighted by atomic mass is 10.0. The number of para-hydroxylation sites is 1. The van der Waals surface area contributed by atoms with Crippen molar-refractivity contribution >= 4 is 23.2 Å². The molecule has 1 atom stereocenters. The van der Waals surface area contributed by atoms with E-state index in [0.29, 0.717) is 5.69 Å². The average molecular weight is 389 g/mol. The van der Waals surface area contributed by atoms with E-state index in [-0.39, 0.29) is 11.8 Å². The fourth-order valence-corrected chi connectivity index (χ4v) is 2.58. The molecule has 3 aromatic rings. The van der Waals surface area contributed by atoms with Gasteiger partial charge in [-0.2, -0.15) is 5.90 Å². The fourth-order valence-electron chi connectivity index (χ4n) is 2.58. The van der Waals surface area contributed by atoms with Crippen LogP contribution in [0.2, 0.25) is 0 Å². The van der Waals surface area contributed by atoms with Crippen LogP contribution in [-0.2, 0) is 9.63 Å². The molecule has 0 saturated heterocycles. The minimum absolute atomic E-state index is 0.187. The van der Waals surface area contributed by atoms with E-state index in [1.54, 1.807) is 0 Å². The fraction of sp³-hybridized carbons (Fsp3) is 0.0500. The van der Waals surface area contributed by atoms with Gasteiger partial charge < -0.3 is 15.9 Å². The largest absolute Gasteiger partial charge is 0.389 e. The normalized spacial score (nSPS) is 14.9. The van der Waals surface area contributed by atoms with Gasteiger partial charge in [-0.3, -0.25) is 20.2 Å². The highest BCUT2D eigenvalue weighted by Gasteiger charge is 2.22. The molecule has 1 amide bonds. The molecule has 1 aliphatic heterocycles. The molecule has 0 spiro atoms. The lowest BCUT2D eigenvalue weighted by molar-refractivity contribution is -0.117. The second-order valence-corrected chi connectivity index (χ2v) is 5.86. The summed E-state index contributed by atoms with van der Waals surface area (Å²) in [5.41, 5.74) is 9.42. The number of fused-ring (bicyclic) bond motifs is 1. The maximum absolute atomic E-state index is 11.8. The zero-order valence-corrected chi connectivity index (χ0v) is 15.3. The summed E-state index contributed by atoms with van der Waals surface area (Å²) in [6, 6.07) is 17.3. The zero-order valence-electron chi connectivity index (χ0n) is 15.3. The Bertz CT molecular complexity index is 1020. The summed E-state index contributed by atoms with van der Waals surface area (Å²) in [6.45, 7) is 0. The first kappa shape index (κ1) is 19.8. The highest BCUT2D eigenvalue weighted by atomic mass is 16.6. The summed E-state index contributed by atoms with van der Waals surface area (Å²) < 4.78 is 0. The molecule has 9 nitrogen and oxygen atoms in total. The Morgan fingerprint density at radius 2 is 1.79 bits per heavy atom. The van der Waals surface area contributed by atoms with Crippen LogP contribution in [0.4, 0.5) is 5.69 Å². The summed E-state index contributed by atoms with van der Waals surface area (Å²) >= 11 is 0. The Balaban J connectivity index is 0.000000204. The van der Waals surface area contributed by atoms with E-state index in [0.717, 1.165) is 22.5 Å². The summed E-state index contributed by atoms with van der Waals surface area (Å²) in [6.07, 6.45) is 3.48. The second-order valence-electron chi connectivity index (χ2n) is 5.86. The van der Waals surface area contributed by atoms with Gasteiger partial charge in [0.15, 0.2) is 6.17 Å². The van der Waals surface area contributed by atoms with Crippen LogP contribution in [0.5, 0.6) is 0 Å². The van der Waals surface area contributed by atoms with Gasteiger partial charge in [-0.25, -0.2) is 4.98 Å². The van der Waals surface area contributed by atoms with Gasteiger partial charge in [-0.1, -0.05) is 48.5 Å². The number of benzene rings is 2. The molecule has 4 rings (SSSR count). The Morgan fingerprint density at radius 3 is 2.48 bits per heavy atom. The molecule has 6 N–H and O–H groups in total. The first-order chi connectivity index (χ1) is 14.1. The van der Waals surface area contributed by atoms with Crippen LogP contribution < -0.4 is 16.9 Å². The Morgan fingerprint density at radius 1 is 1.07 bits per heavy atom. The molecule has 2 aromatic carbocycles. The molecule has 1 aliphatic rings. The predicted molar refractivity (Wildman–Crippen MR) is 109 cm³/mol. The van der Waals surface area contributed by atoms with Crippen molar-refractivity contribution < 1.29 is 9.63 Å². The van der Waals surface area contributed by atoms with Gasteiger partial charge in [-0.15, -0.1) is 0 Å². The van der Waals surface area contributed by atoms with Crippen molar-refractivity contribution in [3.05, 3.63) is 90.0 Å². The van der Waals surface area contributed by atoms with Gasteiger partial charge in [0, 0.05) is 23.5 Å². The standard InChI is InChI=1S/C15H13N3O.C5H6N4O/c16-14-15(19)17-12-9-5-4-8-11(12)13(18-14)10-6-2-1-3-7-10;6-5(10-7)4-3-8-1-2-9-4/h1-9,14H,16H2,(H,17,19);1-3,6H,7H2. The predicted octanol–water partition coefficient (Wildman–Crippen LogP) is 1.45. The molecule has 0 radical (unpaired) electrons. The minimum atomic E-state index is -0.886. The first-order valence-electron chi connectivity index (χ1n) is 8.61. The third-order valence-corrected chi connectivity index (χ3v) is 3.94. The van der Waals surface area contributed by atoms with Gasteiger partial charge in [0.1, 0.15) is 5.69 Å². The molecule has 1 unspecified atom stereocenters. The van der Waals surface area contributed by atoms with E-state index in [4.69, 9.17) is 17.0 Å². The summed E-state index contributed by atoms with van der Waals surface area (Å²) in [4.78, 5) is 27.8. The number of nitrogens with two attached hydrogens (primary N) is 2. The number of hydrogen-bond donors (Lipinski definition) is 4. The highest BCUT2D eigenvalue weighted by molar-refractivity contribution is 6.19. The number of aromatic nitrogens is 2. The second kappa shape index (κ2) is 9.31. The number of benzodiazepines with no additional fused rings is 1. The average Bonchev–Trinajstić information content (AvgIpc) is 2.91. The lowest BCUT2D eigenvalue weighted by Crippen LogP contribution is -2.33. The van der Waals surface area contributed by atoms with E-state index >= 15 is 0 Å². The molecule has 29 heavy (non-hydrogen) atoms. The van der Waals surface area contributed by atoms with Crippen molar-refractivity contribution in [2.24, 2.45) is 16.6 Å². The van der Waals surface area contributed by atoms with Gasteiger partial charge in [0.25, 0.3) is 11.8 Å². The molecule has 146 valence electrons. The van der Waals surface area contributed by atoms with Crippen LogP contribution >= 0.6 is 0 Å². The first-order valence-corrected chi connectivity index (χ1v) is 8.61. The number of aliphatic imine (C=N–C) groups is 1. The number of carbonyl (C=O) groups excluding carboxylic acids is 1. The van der Waals surface area contributed by atoms with Crippen LogP contribution in [0.3, 0.4) is 0 Å². The number of nitrogens with zero attached hydrogens (tertiary/aromatic N) is 3. The molecule has 0 aliphatic carbocycles. The maximum atomic E-state index is 11.8. The molecule has 0 saturated carbocycles. The van der Waals surface area contributed by atoms with E-state index in [1.165, 1.54) is 18.6 Å². The molecular formula is C20H19N7O2. The highest BCUT2D eigenvalue weighted by Crippen LogP contribution is 2.23. The molecule has 1 aromatic heterocycles. The van der Waals surface area contributed by atoms with Crippen molar-refractivity contribution in [3.8, 4) is 0 Å². The molecule has 2 heterocycles. The third kappa shape index (κ3) is 4.86. The number of amides is 1. The van der Waals surface area contributed by atoms with Crippen molar-refractivity contribution in [3.63, 3.8) is 0 Å². The van der Waals surface area contributed by atoms with Crippen LogP contribution in [0, 0.1) is 5.41 Å². The molecular weight excluding hydrogens is 370 g/mol. The smallest absolute Gasteiger partial charge is 0.263 e. The van der Waals surface area contributed by atoms with E-state index in [1.807, 2.05) is 54.6 Å². The maximum Gasteiger partial charge on any atom is 0.263 e. The molecule has 9 heteroatoms. The van der Waals surface area contributed by atoms with Crippen molar-refractivity contribution in [1.29, 1.82) is 5.41 Å². The van der Waals surface area contributed by atoms with Crippen molar-refractivity contribution in [2.75, 3.05) is 5.32 Å². The van der Waals surface area contributed by atoms with Gasteiger partial charge in [0.2, 0.25) is 0 Å². The minimum Gasteiger partial charge on any atom is -0.389 e. The quantitative estimate of drug-likeness (QED) is 0.296. The van der Waals surface area contributed by atoms with Crippen molar-refractivity contribution in [2.45, 2.75) is 6.17 Å². The summed E-state index contributed by atoms with van der Waals surface area (Å²) in [7, 11) is 0. The Hall–Kier alpha value is -3.95. The van der Waals surface area contributed by atoms with Gasteiger partial charge in [0.05, 0.1) is 17.6 Å². The molecule has 0 bridgehead atoms. The van der Waals surface area contributed by atoms with Crippen LogP contribution in [0.25, 0.3) is 0 Å². The number of carbonyl (C=O) groups is 1. The summed E-state index contributed by atoms with van der Waals surface area (Å²) in [5.74, 6) is 4.23. The Labute approximate surface area is 166 Å². The number of rotatable bonds is 2. The van der Waals surface area contributed by atoms with Gasteiger partial charge in [-0.05, 0) is 6.07 Å². The van der Waals surface area contributed by atoms with E-state index in [9.17, 15) is 4.79 Å². The number of nitrogens with one attached hydrogen (secondary N) is 2. The number of anilines is 1. The van der Waals surface area contributed by atoms with Crippen LogP contribution in [0.1, 0.15) is 16.8 Å². The topological polar surface area (TPSA) is 152 Å². The monoisotopic (exact) mass is 389 g/mol. The SMILES string of the molecule is N=C(ON)c1cnccn1.NC1N=C(c2ccccc2)c2ccccc2NC1=O. The third-order valence-electron chi connectivity index (χ3n) is 3.94. The van der Waals surface area contributed by atoms with E-state index in [2.05, 4.69) is 25.1 Å². The zero-order chi connectivity index (χ0) is 20.6. The van der Waals surface area contributed by atoms with Crippen LogP contribution in [-0.4, -0.2) is 33.7 Å². The number of hydrogen-bond acceptors (Lipinski definition) is 8. The van der Waals surface area contributed by atoms with Crippen molar-refractivity contribution in [1.82, 2.24) is 9.97 Å². The Kier molecular flexibility index (Phi) is 6.36. The molecule has 0 fully saturated rings.